The summed E-state index contributed by atoms with van der Waals surface area (Å²) in [6, 6.07) is 9.91. The van der Waals surface area contributed by atoms with Crippen LogP contribution in [-0.4, -0.2) is 31.7 Å². The molecule has 21 heavy (non-hydrogen) atoms. The average molecular weight is 302 g/mol. The van der Waals surface area contributed by atoms with Crippen LogP contribution >= 0.6 is 11.6 Å². The quantitative estimate of drug-likeness (QED) is 0.735. The van der Waals surface area contributed by atoms with Crippen LogP contribution in [0.3, 0.4) is 0 Å². The molecule has 0 saturated heterocycles. The second kappa shape index (κ2) is 6.10. The molecule has 0 aliphatic carbocycles. The molecule has 6 heteroatoms. The fraction of sp³-hybridized carbons (Fsp3) is 0.267. The van der Waals surface area contributed by atoms with Gasteiger partial charge in [0.15, 0.2) is 5.65 Å². The molecule has 0 radical (unpaired) electrons. The van der Waals surface area contributed by atoms with E-state index in [1.807, 2.05) is 30.3 Å². The molecule has 1 atom stereocenters. The number of para-hydroxylation sites is 1. The molecule has 0 aliphatic heterocycles. The van der Waals surface area contributed by atoms with Gasteiger partial charge in [-0.2, -0.15) is 5.10 Å². The number of fused-ring (bicyclic) bond motifs is 1. The maximum absolute atomic E-state index is 6.14. The number of hydrogen-bond acceptors (Lipinski definition) is 4. The monoisotopic (exact) mass is 301 g/mol. The molecule has 1 N–H and O–H groups in total. The van der Waals surface area contributed by atoms with Crippen LogP contribution in [-0.2, 0) is 0 Å². The number of rotatable bonds is 5. The largest absolute Gasteiger partial charge is 0.368 e. The van der Waals surface area contributed by atoms with Crippen molar-refractivity contribution in [3.8, 4) is 5.69 Å². The average Bonchev–Trinajstić information content (AvgIpc) is 2.98. The smallest absolute Gasteiger partial charge is 0.168 e. The normalized spacial score (nSPS) is 12.5. The molecule has 0 fully saturated rings. The molecule has 1 aromatic carbocycles. The highest BCUT2D eigenvalue weighted by Gasteiger charge is 2.11. The fourth-order valence-electron chi connectivity index (χ4n) is 2.09. The van der Waals surface area contributed by atoms with E-state index >= 15 is 0 Å². The molecule has 0 amide bonds. The zero-order chi connectivity index (χ0) is 14.7. The van der Waals surface area contributed by atoms with Gasteiger partial charge in [0.05, 0.1) is 22.6 Å². The van der Waals surface area contributed by atoms with Gasteiger partial charge in [0.2, 0.25) is 0 Å². The van der Waals surface area contributed by atoms with Gasteiger partial charge < -0.3 is 5.32 Å². The Kier molecular flexibility index (Phi) is 4.01. The first kappa shape index (κ1) is 13.8. The third-order valence-corrected chi connectivity index (χ3v) is 3.76. The van der Waals surface area contributed by atoms with Gasteiger partial charge in [0.1, 0.15) is 12.1 Å². The van der Waals surface area contributed by atoms with Crippen molar-refractivity contribution in [3.63, 3.8) is 0 Å². The Hall–Kier alpha value is -2.14. The lowest BCUT2D eigenvalue weighted by Gasteiger charge is -2.09. The van der Waals surface area contributed by atoms with Crippen LogP contribution in [0.2, 0.25) is 0 Å². The predicted octanol–water partition coefficient (Wildman–Crippen LogP) is 3.24. The van der Waals surface area contributed by atoms with Crippen LogP contribution in [0.5, 0.6) is 0 Å². The van der Waals surface area contributed by atoms with Gasteiger partial charge in [-0.25, -0.2) is 14.6 Å². The van der Waals surface area contributed by atoms with Gasteiger partial charge in [-0.05, 0) is 18.6 Å². The van der Waals surface area contributed by atoms with Crippen molar-refractivity contribution in [2.75, 3.05) is 11.9 Å². The molecule has 0 bridgehead atoms. The summed E-state index contributed by atoms with van der Waals surface area (Å²) in [6.07, 6.45) is 4.23. The number of nitrogens with zero attached hydrogens (tertiary/aromatic N) is 4. The van der Waals surface area contributed by atoms with E-state index in [1.165, 1.54) is 0 Å². The van der Waals surface area contributed by atoms with Crippen molar-refractivity contribution >= 4 is 28.5 Å². The summed E-state index contributed by atoms with van der Waals surface area (Å²) in [5.41, 5.74) is 1.75. The summed E-state index contributed by atoms with van der Waals surface area (Å²) in [4.78, 5) is 8.63. The van der Waals surface area contributed by atoms with Crippen molar-refractivity contribution in [3.05, 3.63) is 42.9 Å². The molecule has 1 unspecified atom stereocenters. The third-order valence-electron chi connectivity index (χ3n) is 3.30. The number of alkyl halides is 1. The van der Waals surface area contributed by atoms with E-state index in [2.05, 4.69) is 27.3 Å². The Morgan fingerprint density at radius 2 is 2.05 bits per heavy atom. The molecule has 0 aliphatic rings. The van der Waals surface area contributed by atoms with Crippen LogP contribution in [0, 0.1) is 0 Å². The van der Waals surface area contributed by atoms with E-state index in [0.717, 1.165) is 29.0 Å². The maximum atomic E-state index is 6.14. The fourth-order valence-corrected chi connectivity index (χ4v) is 2.17. The zero-order valence-electron chi connectivity index (χ0n) is 11.7. The van der Waals surface area contributed by atoms with E-state index in [4.69, 9.17) is 11.6 Å². The SMILES string of the molecule is CCC(Cl)CNc1ncnc2c1cnn2-c1ccccc1. The first-order valence-corrected chi connectivity index (χ1v) is 7.35. The van der Waals surface area contributed by atoms with Crippen LogP contribution in [0.1, 0.15) is 13.3 Å². The Labute approximate surface area is 128 Å². The van der Waals surface area contributed by atoms with Gasteiger partial charge in [0, 0.05) is 6.54 Å². The van der Waals surface area contributed by atoms with Crippen LogP contribution in [0.25, 0.3) is 16.7 Å². The van der Waals surface area contributed by atoms with E-state index in [-0.39, 0.29) is 5.38 Å². The highest BCUT2D eigenvalue weighted by atomic mass is 35.5. The number of hydrogen-bond donors (Lipinski definition) is 1. The third kappa shape index (κ3) is 2.83. The van der Waals surface area contributed by atoms with E-state index in [9.17, 15) is 0 Å². The lowest BCUT2D eigenvalue weighted by molar-refractivity contribution is 0.841. The van der Waals surface area contributed by atoms with Gasteiger partial charge in [0.25, 0.3) is 0 Å². The Morgan fingerprint density at radius 1 is 1.24 bits per heavy atom. The number of halogens is 1. The molecule has 5 nitrogen and oxygen atoms in total. The van der Waals surface area contributed by atoms with Crippen molar-refractivity contribution in [1.29, 1.82) is 0 Å². The number of aromatic nitrogens is 4. The topological polar surface area (TPSA) is 55.6 Å². The Balaban J connectivity index is 1.97. The molecule has 2 heterocycles. The first-order valence-electron chi connectivity index (χ1n) is 6.91. The minimum absolute atomic E-state index is 0.0826. The van der Waals surface area contributed by atoms with Crippen molar-refractivity contribution in [1.82, 2.24) is 19.7 Å². The van der Waals surface area contributed by atoms with Crippen molar-refractivity contribution < 1.29 is 0 Å². The van der Waals surface area contributed by atoms with Crippen LogP contribution in [0.15, 0.2) is 42.9 Å². The summed E-state index contributed by atoms with van der Waals surface area (Å²) in [6.45, 7) is 2.73. The molecule has 0 saturated carbocycles. The summed E-state index contributed by atoms with van der Waals surface area (Å²) in [5, 5.41) is 8.65. The molecular weight excluding hydrogens is 286 g/mol. The predicted molar refractivity (Wildman–Crippen MR) is 85.1 cm³/mol. The second-order valence-electron chi connectivity index (χ2n) is 4.74. The first-order chi connectivity index (χ1) is 10.3. The van der Waals surface area contributed by atoms with Gasteiger partial charge in [-0.1, -0.05) is 25.1 Å². The van der Waals surface area contributed by atoms with Crippen molar-refractivity contribution in [2.24, 2.45) is 0 Å². The maximum Gasteiger partial charge on any atom is 0.168 e. The lowest BCUT2D eigenvalue weighted by Crippen LogP contribution is -2.14. The summed E-state index contributed by atoms with van der Waals surface area (Å²) < 4.78 is 1.81. The van der Waals surface area contributed by atoms with Crippen molar-refractivity contribution in [2.45, 2.75) is 18.7 Å². The summed E-state index contributed by atoms with van der Waals surface area (Å²) >= 11 is 6.14. The highest BCUT2D eigenvalue weighted by molar-refractivity contribution is 6.20. The molecule has 2 aromatic heterocycles. The van der Waals surface area contributed by atoms with Gasteiger partial charge >= 0.3 is 0 Å². The summed E-state index contributed by atoms with van der Waals surface area (Å²) in [5.74, 6) is 0.765. The standard InChI is InChI=1S/C15H16ClN5/c1-2-11(16)8-17-14-13-9-20-21(15(13)19-10-18-14)12-6-4-3-5-7-12/h3-7,9-11H,2,8H2,1H3,(H,17,18,19). The summed E-state index contributed by atoms with van der Waals surface area (Å²) in [7, 11) is 0. The molecule has 3 rings (SSSR count). The van der Waals surface area contributed by atoms with Crippen LogP contribution < -0.4 is 5.32 Å². The molecule has 108 valence electrons. The second-order valence-corrected chi connectivity index (χ2v) is 5.36. The highest BCUT2D eigenvalue weighted by Crippen LogP contribution is 2.21. The number of benzene rings is 1. The molecule has 3 aromatic rings. The van der Waals surface area contributed by atoms with Crippen LogP contribution in [0.4, 0.5) is 5.82 Å². The number of nitrogens with one attached hydrogen (secondary N) is 1. The van der Waals surface area contributed by atoms with E-state index in [0.29, 0.717) is 6.54 Å². The Bertz CT molecular complexity index is 725. The lowest BCUT2D eigenvalue weighted by atomic mass is 10.3. The molecular formula is C15H16ClN5. The number of anilines is 1. The Morgan fingerprint density at radius 3 is 2.81 bits per heavy atom. The zero-order valence-corrected chi connectivity index (χ0v) is 12.5. The molecule has 0 spiro atoms. The van der Waals surface area contributed by atoms with Gasteiger partial charge in [-0.3, -0.25) is 0 Å². The minimum atomic E-state index is 0.0826. The van der Waals surface area contributed by atoms with Gasteiger partial charge in [-0.15, -0.1) is 11.6 Å². The van der Waals surface area contributed by atoms with E-state index in [1.54, 1.807) is 17.2 Å². The van der Waals surface area contributed by atoms with E-state index < -0.39 is 0 Å². The minimum Gasteiger partial charge on any atom is -0.368 e.